The lowest BCUT2D eigenvalue weighted by Crippen LogP contribution is -2.50. The zero-order chi connectivity index (χ0) is 19.4. The van der Waals surface area contributed by atoms with E-state index in [4.69, 9.17) is 9.47 Å². The molecule has 3 rings (SSSR count). The molecule has 0 bridgehead atoms. The van der Waals surface area contributed by atoms with Crippen LogP contribution in [-0.2, 0) is 19.1 Å². The topological polar surface area (TPSA) is 105 Å². The van der Waals surface area contributed by atoms with Crippen molar-refractivity contribution in [2.24, 2.45) is 5.92 Å². The fraction of sp³-hybridized carbons (Fsp3) is 0.526. The first kappa shape index (κ1) is 19.2. The molecular formula is C19H24N2O6. The summed E-state index contributed by atoms with van der Waals surface area (Å²) in [5.41, 5.74) is 0.615. The number of carbonyl (C=O) groups is 3. The molecule has 2 N–H and O–H groups in total. The molecule has 3 atom stereocenters. The predicted octanol–water partition coefficient (Wildman–Crippen LogP) is 1.19. The van der Waals surface area contributed by atoms with E-state index >= 15 is 0 Å². The minimum atomic E-state index is -1.07. The van der Waals surface area contributed by atoms with Crippen LogP contribution in [-0.4, -0.2) is 54.8 Å². The molecular weight excluding hydrogens is 352 g/mol. The molecule has 2 heterocycles. The lowest BCUT2D eigenvalue weighted by molar-refractivity contribution is -0.145. The first-order valence-corrected chi connectivity index (χ1v) is 9.14. The maximum absolute atomic E-state index is 12.4. The number of hydrogen-bond donors (Lipinski definition) is 2. The predicted molar refractivity (Wildman–Crippen MR) is 96.6 cm³/mol. The molecule has 0 spiro atoms. The van der Waals surface area contributed by atoms with Crippen LogP contribution in [0.5, 0.6) is 5.75 Å². The van der Waals surface area contributed by atoms with Gasteiger partial charge in [-0.1, -0.05) is 12.1 Å². The fourth-order valence-electron chi connectivity index (χ4n) is 3.46. The lowest BCUT2D eigenvalue weighted by atomic mass is 9.93. The van der Waals surface area contributed by atoms with E-state index in [-0.39, 0.29) is 24.8 Å². The summed E-state index contributed by atoms with van der Waals surface area (Å²) in [5, 5.41) is 12.0. The van der Waals surface area contributed by atoms with Crippen molar-refractivity contribution in [1.29, 1.82) is 0 Å². The monoisotopic (exact) mass is 376 g/mol. The molecule has 3 unspecified atom stereocenters. The molecule has 0 aromatic heterocycles. The smallest absolute Gasteiger partial charge is 0.326 e. The van der Waals surface area contributed by atoms with E-state index in [2.05, 4.69) is 5.32 Å². The van der Waals surface area contributed by atoms with Gasteiger partial charge in [-0.25, -0.2) is 4.79 Å². The number of anilines is 1. The van der Waals surface area contributed by atoms with Crippen molar-refractivity contribution >= 4 is 23.5 Å². The van der Waals surface area contributed by atoms with Crippen LogP contribution in [0, 0.1) is 5.92 Å². The van der Waals surface area contributed by atoms with Crippen LogP contribution in [0.1, 0.15) is 26.2 Å². The van der Waals surface area contributed by atoms with Crippen molar-refractivity contribution in [3.8, 4) is 5.75 Å². The molecule has 2 amide bonds. The fourth-order valence-corrected chi connectivity index (χ4v) is 3.46. The highest BCUT2D eigenvalue weighted by atomic mass is 16.5. The third kappa shape index (κ3) is 4.39. The summed E-state index contributed by atoms with van der Waals surface area (Å²) in [7, 11) is 0. The van der Waals surface area contributed by atoms with Gasteiger partial charge in [0.2, 0.25) is 5.91 Å². The van der Waals surface area contributed by atoms with Crippen molar-refractivity contribution in [2.75, 3.05) is 24.7 Å². The average molecular weight is 376 g/mol. The summed E-state index contributed by atoms with van der Waals surface area (Å²) in [6.07, 6.45) is 0.851. The van der Waals surface area contributed by atoms with E-state index in [1.807, 2.05) is 6.07 Å². The Kier molecular flexibility index (Phi) is 5.95. The standard InChI is InChI=1S/C19H24N2O6/c1-12-18(23)21(14-6-2-3-7-15(14)27-12)9-8-16(22)20-17(19(24)25)13-5-4-10-26-11-13/h2-3,6-7,12-13,17H,4-5,8-11H2,1H3,(H,20,22)(H,24,25). The van der Waals surface area contributed by atoms with Crippen molar-refractivity contribution in [3.05, 3.63) is 24.3 Å². The van der Waals surface area contributed by atoms with E-state index in [0.717, 1.165) is 6.42 Å². The quantitative estimate of drug-likeness (QED) is 0.773. The van der Waals surface area contributed by atoms with Gasteiger partial charge in [-0.2, -0.15) is 0 Å². The van der Waals surface area contributed by atoms with Crippen LogP contribution in [0.15, 0.2) is 24.3 Å². The van der Waals surface area contributed by atoms with E-state index < -0.39 is 24.0 Å². The molecule has 27 heavy (non-hydrogen) atoms. The van der Waals surface area contributed by atoms with Gasteiger partial charge in [-0.05, 0) is 31.9 Å². The largest absolute Gasteiger partial charge is 0.480 e. The molecule has 146 valence electrons. The lowest BCUT2D eigenvalue weighted by Gasteiger charge is -2.33. The van der Waals surface area contributed by atoms with E-state index in [9.17, 15) is 19.5 Å². The molecule has 1 aromatic rings. The molecule has 0 aliphatic carbocycles. The molecule has 2 aliphatic heterocycles. The zero-order valence-electron chi connectivity index (χ0n) is 15.2. The van der Waals surface area contributed by atoms with Crippen molar-refractivity contribution < 1.29 is 29.0 Å². The Hall–Kier alpha value is -2.61. The van der Waals surface area contributed by atoms with Gasteiger partial charge in [0.25, 0.3) is 5.91 Å². The van der Waals surface area contributed by atoms with Crippen LogP contribution >= 0.6 is 0 Å². The van der Waals surface area contributed by atoms with E-state index in [1.165, 1.54) is 4.90 Å². The van der Waals surface area contributed by atoms with E-state index in [1.54, 1.807) is 25.1 Å². The number of carboxylic acid groups (broad SMARTS) is 1. The van der Waals surface area contributed by atoms with Crippen molar-refractivity contribution in [3.63, 3.8) is 0 Å². The number of aliphatic carboxylic acids is 1. The highest BCUT2D eigenvalue weighted by Gasteiger charge is 2.33. The number of carbonyl (C=O) groups excluding carboxylic acids is 2. The number of hydrogen-bond acceptors (Lipinski definition) is 5. The number of carboxylic acids is 1. The van der Waals surface area contributed by atoms with E-state index in [0.29, 0.717) is 31.1 Å². The first-order valence-electron chi connectivity index (χ1n) is 9.14. The number of nitrogens with one attached hydrogen (secondary N) is 1. The summed E-state index contributed by atoms with van der Waals surface area (Å²) in [6, 6.07) is 6.16. The van der Waals surface area contributed by atoms with Gasteiger partial charge in [0.15, 0.2) is 6.10 Å². The van der Waals surface area contributed by atoms with Crippen molar-refractivity contribution in [2.45, 2.75) is 38.3 Å². The van der Waals surface area contributed by atoms with Crippen molar-refractivity contribution in [1.82, 2.24) is 5.32 Å². The number of nitrogens with zero attached hydrogens (tertiary/aromatic N) is 1. The zero-order valence-corrected chi connectivity index (χ0v) is 15.2. The minimum absolute atomic E-state index is 0.00412. The molecule has 1 saturated heterocycles. The Bertz CT molecular complexity index is 716. The van der Waals surface area contributed by atoms with Gasteiger partial charge in [0, 0.05) is 25.5 Å². The number of ether oxygens (including phenoxy) is 2. The van der Waals surface area contributed by atoms with Crippen LogP contribution in [0.4, 0.5) is 5.69 Å². The summed E-state index contributed by atoms with van der Waals surface area (Å²) < 4.78 is 10.9. The first-order chi connectivity index (χ1) is 13.0. The van der Waals surface area contributed by atoms with Crippen LogP contribution in [0.3, 0.4) is 0 Å². The van der Waals surface area contributed by atoms with Crippen LogP contribution < -0.4 is 15.0 Å². The number of amides is 2. The van der Waals surface area contributed by atoms with Gasteiger partial charge in [0.1, 0.15) is 11.8 Å². The summed E-state index contributed by atoms with van der Waals surface area (Å²) in [5.74, 6) is -1.35. The molecule has 8 heteroatoms. The summed E-state index contributed by atoms with van der Waals surface area (Å²) >= 11 is 0. The normalized spacial score (nSPS) is 23.1. The van der Waals surface area contributed by atoms with Gasteiger partial charge in [0.05, 0.1) is 12.3 Å². The van der Waals surface area contributed by atoms with Gasteiger partial charge in [-0.15, -0.1) is 0 Å². The molecule has 2 aliphatic rings. The number of para-hydroxylation sites is 2. The molecule has 0 saturated carbocycles. The second kappa shape index (κ2) is 8.39. The number of benzene rings is 1. The Morgan fingerprint density at radius 3 is 2.85 bits per heavy atom. The SMILES string of the molecule is CC1Oc2ccccc2N(CCC(=O)NC(C(=O)O)C2CCCOC2)C1=O. The molecule has 1 aromatic carbocycles. The van der Waals surface area contributed by atoms with Crippen LogP contribution in [0.2, 0.25) is 0 Å². The van der Waals surface area contributed by atoms with Crippen LogP contribution in [0.25, 0.3) is 0 Å². The molecule has 8 nitrogen and oxygen atoms in total. The third-order valence-electron chi connectivity index (χ3n) is 4.89. The summed E-state index contributed by atoms with van der Waals surface area (Å²) in [4.78, 5) is 37.9. The van der Waals surface area contributed by atoms with Gasteiger partial charge < -0.3 is 24.8 Å². The number of rotatable bonds is 6. The summed E-state index contributed by atoms with van der Waals surface area (Å²) in [6.45, 7) is 2.76. The highest BCUT2D eigenvalue weighted by Crippen LogP contribution is 2.33. The Morgan fingerprint density at radius 2 is 2.15 bits per heavy atom. The third-order valence-corrected chi connectivity index (χ3v) is 4.89. The second-order valence-corrected chi connectivity index (χ2v) is 6.83. The highest BCUT2D eigenvalue weighted by molar-refractivity contribution is 6.00. The van der Waals surface area contributed by atoms with Gasteiger partial charge in [-0.3, -0.25) is 9.59 Å². The molecule has 1 fully saturated rings. The van der Waals surface area contributed by atoms with Gasteiger partial charge >= 0.3 is 5.97 Å². The minimum Gasteiger partial charge on any atom is -0.480 e. The maximum atomic E-state index is 12.4. The average Bonchev–Trinajstić information content (AvgIpc) is 2.67. The Morgan fingerprint density at radius 1 is 1.37 bits per heavy atom. The maximum Gasteiger partial charge on any atom is 0.326 e. The Labute approximate surface area is 157 Å². The number of fused-ring (bicyclic) bond motifs is 1. The second-order valence-electron chi connectivity index (χ2n) is 6.83. The molecule has 0 radical (unpaired) electrons. The Balaban J connectivity index is 1.62.